The van der Waals surface area contributed by atoms with Crippen molar-refractivity contribution in [3.63, 3.8) is 0 Å². The van der Waals surface area contributed by atoms with E-state index in [0.29, 0.717) is 6.42 Å². The molecule has 27 heavy (non-hydrogen) atoms. The van der Waals surface area contributed by atoms with Gasteiger partial charge in [0.2, 0.25) is 17.7 Å². The fourth-order valence-corrected chi connectivity index (χ4v) is 2.08. The molecule has 0 fully saturated rings. The summed E-state index contributed by atoms with van der Waals surface area (Å²) in [6.45, 7) is 5.48. The van der Waals surface area contributed by atoms with Crippen LogP contribution in [0.4, 0.5) is 0 Å². The van der Waals surface area contributed by atoms with Gasteiger partial charge in [-0.25, -0.2) is 4.79 Å². The Morgan fingerprint density at radius 2 is 1.44 bits per heavy atom. The fourth-order valence-electron chi connectivity index (χ4n) is 2.08. The number of aliphatic hydroxyl groups excluding tert-OH is 2. The maximum absolute atomic E-state index is 12.5. The second-order valence-electron chi connectivity index (χ2n) is 6.46. The number of aliphatic carboxylic acids is 1. The second kappa shape index (κ2) is 11.5. The van der Waals surface area contributed by atoms with Crippen LogP contribution in [0.2, 0.25) is 0 Å². The number of nitrogens with one attached hydrogen (secondary N) is 3. The standard InChI is InChI=1S/C16H30N4O7/c1-5-7(2)11(19-14(24)10(17)6-21)15(25)18-8(3)13(23)20-12(9(4)22)16(26)27/h7-12,21-22H,5-6,17H2,1-4H3,(H,18,25)(H,19,24)(H,20,23)(H,26,27). The van der Waals surface area contributed by atoms with Crippen molar-refractivity contribution in [2.75, 3.05) is 6.61 Å². The van der Waals surface area contributed by atoms with Crippen LogP contribution in [0.1, 0.15) is 34.1 Å². The van der Waals surface area contributed by atoms with Crippen LogP contribution in [0.5, 0.6) is 0 Å². The Morgan fingerprint density at radius 3 is 1.85 bits per heavy atom. The van der Waals surface area contributed by atoms with Crippen LogP contribution in [0.3, 0.4) is 0 Å². The second-order valence-corrected chi connectivity index (χ2v) is 6.46. The summed E-state index contributed by atoms with van der Waals surface area (Å²) in [4.78, 5) is 47.5. The molecular weight excluding hydrogens is 360 g/mol. The van der Waals surface area contributed by atoms with E-state index in [0.717, 1.165) is 0 Å². The molecule has 6 atom stereocenters. The number of amides is 3. The molecule has 0 saturated heterocycles. The van der Waals surface area contributed by atoms with Crippen LogP contribution in [0.15, 0.2) is 0 Å². The van der Waals surface area contributed by atoms with Crippen LogP contribution in [-0.4, -0.2) is 75.9 Å². The normalized spacial score (nSPS) is 17.6. The van der Waals surface area contributed by atoms with Gasteiger partial charge in [0.25, 0.3) is 0 Å². The first-order chi connectivity index (χ1) is 12.5. The minimum atomic E-state index is -1.52. The fraction of sp³-hybridized carbons (Fsp3) is 0.750. The minimum absolute atomic E-state index is 0.292. The first kappa shape index (κ1) is 24.8. The van der Waals surface area contributed by atoms with E-state index < -0.39 is 60.6 Å². The van der Waals surface area contributed by atoms with Crippen molar-refractivity contribution in [1.82, 2.24) is 16.0 Å². The molecule has 11 nitrogen and oxygen atoms in total. The smallest absolute Gasteiger partial charge is 0.328 e. The van der Waals surface area contributed by atoms with Gasteiger partial charge in [-0.05, 0) is 19.8 Å². The third kappa shape index (κ3) is 7.89. The molecule has 6 unspecified atom stereocenters. The summed E-state index contributed by atoms with van der Waals surface area (Å²) in [7, 11) is 0. The lowest BCUT2D eigenvalue weighted by molar-refractivity contribution is -0.145. The number of carbonyl (C=O) groups excluding carboxylic acids is 3. The van der Waals surface area contributed by atoms with Gasteiger partial charge < -0.3 is 37.0 Å². The summed E-state index contributed by atoms with van der Waals surface area (Å²) < 4.78 is 0. The van der Waals surface area contributed by atoms with Gasteiger partial charge in [0, 0.05) is 0 Å². The molecule has 0 bridgehead atoms. The zero-order valence-electron chi connectivity index (χ0n) is 15.9. The first-order valence-corrected chi connectivity index (χ1v) is 8.64. The predicted octanol–water partition coefficient (Wildman–Crippen LogP) is -2.71. The lowest BCUT2D eigenvalue weighted by Crippen LogP contribution is -2.59. The van der Waals surface area contributed by atoms with Gasteiger partial charge in [0.1, 0.15) is 18.1 Å². The van der Waals surface area contributed by atoms with Crippen molar-refractivity contribution in [3.8, 4) is 0 Å². The first-order valence-electron chi connectivity index (χ1n) is 8.64. The van der Waals surface area contributed by atoms with E-state index in [9.17, 15) is 24.3 Å². The van der Waals surface area contributed by atoms with Gasteiger partial charge in [-0.3, -0.25) is 14.4 Å². The summed E-state index contributed by atoms with van der Waals surface area (Å²) in [5, 5.41) is 34.3. The number of hydrogen-bond donors (Lipinski definition) is 7. The summed E-state index contributed by atoms with van der Waals surface area (Å²) >= 11 is 0. The molecule has 156 valence electrons. The van der Waals surface area contributed by atoms with Crippen molar-refractivity contribution in [2.24, 2.45) is 11.7 Å². The van der Waals surface area contributed by atoms with E-state index in [1.54, 1.807) is 13.8 Å². The molecule has 11 heteroatoms. The molecule has 0 saturated carbocycles. The van der Waals surface area contributed by atoms with Crippen LogP contribution >= 0.6 is 0 Å². The summed E-state index contributed by atoms with van der Waals surface area (Å²) in [6.07, 6.45) is -0.794. The molecule has 0 aromatic rings. The quantitative estimate of drug-likeness (QED) is 0.198. The molecule has 8 N–H and O–H groups in total. The van der Waals surface area contributed by atoms with Gasteiger partial charge in [-0.15, -0.1) is 0 Å². The average molecular weight is 390 g/mol. The molecule has 0 spiro atoms. The number of nitrogens with two attached hydrogens (primary N) is 1. The molecule has 0 aromatic carbocycles. The third-order valence-electron chi connectivity index (χ3n) is 4.12. The van der Waals surface area contributed by atoms with Crippen molar-refractivity contribution in [3.05, 3.63) is 0 Å². The summed E-state index contributed by atoms with van der Waals surface area (Å²) in [5.41, 5.74) is 5.43. The van der Waals surface area contributed by atoms with E-state index >= 15 is 0 Å². The number of aliphatic hydroxyl groups is 2. The highest BCUT2D eigenvalue weighted by Crippen LogP contribution is 2.09. The SMILES string of the molecule is CCC(C)C(NC(=O)C(N)CO)C(=O)NC(C)C(=O)NC(C(=O)O)C(C)O. The topological polar surface area (TPSA) is 191 Å². The Morgan fingerprint density at radius 1 is 0.926 bits per heavy atom. The lowest BCUT2D eigenvalue weighted by Gasteiger charge is -2.26. The van der Waals surface area contributed by atoms with Crippen LogP contribution < -0.4 is 21.7 Å². The van der Waals surface area contributed by atoms with Crippen LogP contribution in [0, 0.1) is 5.92 Å². The zero-order valence-corrected chi connectivity index (χ0v) is 15.9. The highest BCUT2D eigenvalue weighted by molar-refractivity contribution is 5.94. The zero-order chi connectivity index (χ0) is 21.3. The molecule has 0 radical (unpaired) electrons. The van der Waals surface area contributed by atoms with E-state index in [1.807, 2.05) is 0 Å². The monoisotopic (exact) mass is 390 g/mol. The Labute approximate surface area is 157 Å². The lowest BCUT2D eigenvalue weighted by atomic mass is 9.97. The van der Waals surface area contributed by atoms with Gasteiger partial charge in [0.05, 0.1) is 12.7 Å². The molecule has 3 amide bonds. The third-order valence-corrected chi connectivity index (χ3v) is 4.12. The van der Waals surface area contributed by atoms with E-state index in [1.165, 1.54) is 13.8 Å². The number of hydrogen-bond acceptors (Lipinski definition) is 7. The highest BCUT2D eigenvalue weighted by Gasteiger charge is 2.31. The Bertz CT molecular complexity index is 541. The summed E-state index contributed by atoms with van der Waals surface area (Å²) in [5.74, 6) is -3.89. The van der Waals surface area contributed by atoms with Crippen molar-refractivity contribution >= 4 is 23.7 Å². The van der Waals surface area contributed by atoms with Crippen LogP contribution in [0.25, 0.3) is 0 Å². The van der Waals surface area contributed by atoms with E-state index in [-0.39, 0.29) is 5.92 Å². The molecule has 0 rings (SSSR count). The average Bonchev–Trinajstić information content (AvgIpc) is 2.61. The number of rotatable bonds is 11. The summed E-state index contributed by atoms with van der Waals surface area (Å²) in [6, 6.07) is -4.83. The van der Waals surface area contributed by atoms with Crippen molar-refractivity contribution in [2.45, 2.75) is 64.4 Å². The Balaban J connectivity index is 5.06. The van der Waals surface area contributed by atoms with Gasteiger partial charge >= 0.3 is 5.97 Å². The minimum Gasteiger partial charge on any atom is -0.480 e. The number of carbonyl (C=O) groups is 4. The molecule has 0 aromatic heterocycles. The number of carboxylic acid groups (broad SMARTS) is 1. The number of carboxylic acids is 1. The molecule has 0 aliphatic rings. The highest BCUT2D eigenvalue weighted by atomic mass is 16.4. The van der Waals surface area contributed by atoms with Gasteiger partial charge in [0.15, 0.2) is 6.04 Å². The Kier molecular flexibility index (Phi) is 10.5. The Hall–Kier alpha value is -2.24. The van der Waals surface area contributed by atoms with Crippen LogP contribution in [-0.2, 0) is 19.2 Å². The largest absolute Gasteiger partial charge is 0.480 e. The van der Waals surface area contributed by atoms with E-state index in [2.05, 4.69) is 16.0 Å². The maximum Gasteiger partial charge on any atom is 0.328 e. The van der Waals surface area contributed by atoms with Crippen molar-refractivity contribution in [1.29, 1.82) is 0 Å². The molecule has 0 heterocycles. The molecule has 0 aliphatic carbocycles. The maximum atomic E-state index is 12.5. The van der Waals surface area contributed by atoms with Gasteiger partial charge in [-0.2, -0.15) is 0 Å². The van der Waals surface area contributed by atoms with E-state index in [4.69, 9.17) is 15.9 Å². The van der Waals surface area contributed by atoms with Crippen molar-refractivity contribution < 1.29 is 34.5 Å². The molecule has 0 aliphatic heterocycles. The van der Waals surface area contributed by atoms with Gasteiger partial charge in [-0.1, -0.05) is 20.3 Å². The molecular formula is C16H30N4O7. The predicted molar refractivity (Wildman–Crippen MR) is 95.3 cm³/mol.